The standard InChI is InChI=1S/C12H13FN4/c1-2-15-11-7-10(16-12(14)17-11)8-4-3-5-9(13)6-8/h3-7H,2H2,1H3,(H3,14,15,16,17). The highest BCUT2D eigenvalue weighted by molar-refractivity contribution is 5.63. The Kier molecular flexibility index (Phi) is 3.18. The zero-order valence-corrected chi connectivity index (χ0v) is 9.44. The van der Waals surface area contributed by atoms with Gasteiger partial charge in [0.2, 0.25) is 5.95 Å². The zero-order valence-electron chi connectivity index (χ0n) is 9.44. The minimum Gasteiger partial charge on any atom is -0.370 e. The van der Waals surface area contributed by atoms with Crippen LogP contribution in [0.2, 0.25) is 0 Å². The summed E-state index contributed by atoms with van der Waals surface area (Å²) in [5, 5.41) is 3.05. The van der Waals surface area contributed by atoms with E-state index in [1.54, 1.807) is 18.2 Å². The van der Waals surface area contributed by atoms with Crippen molar-refractivity contribution in [2.45, 2.75) is 6.92 Å². The van der Waals surface area contributed by atoms with Gasteiger partial charge in [0.1, 0.15) is 11.6 Å². The van der Waals surface area contributed by atoms with Gasteiger partial charge in [0.15, 0.2) is 0 Å². The third kappa shape index (κ3) is 2.69. The average molecular weight is 232 g/mol. The second kappa shape index (κ2) is 4.78. The quantitative estimate of drug-likeness (QED) is 0.852. The number of benzene rings is 1. The molecule has 0 unspecified atom stereocenters. The first kappa shape index (κ1) is 11.3. The van der Waals surface area contributed by atoms with Crippen molar-refractivity contribution in [1.29, 1.82) is 0 Å². The first-order valence-corrected chi connectivity index (χ1v) is 5.33. The summed E-state index contributed by atoms with van der Waals surface area (Å²) < 4.78 is 13.1. The van der Waals surface area contributed by atoms with E-state index < -0.39 is 0 Å². The molecular formula is C12H13FN4. The molecule has 1 heterocycles. The van der Waals surface area contributed by atoms with Crippen LogP contribution in [0.1, 0.15) is 6.92 Å². The lowest BCUT2D eigenvalue weighted by Gasteiger charge is -2.06. The van der Waals surface area contributed by atoms with E-state index in [-0.39, 0.29) is 11.8 Å². The minimum atomic E-state index is -0.301. The van der Waals surface area contributed by atoms with Crippen molar-refractivity contribution in [2.24, 2.45) is 0 Å². The van der Waals surface area contributed by atoms with Crippen molar-refractivity contribution >= 4 is 11.8 Å². The van der Waals surface area contributed by atoms with Crippen LogP contribution in [0.4, 0.5) is 16.2 Å². The lowest BCUT2D eigenvalue weighted by Crippen LogP contribution is -2.04. The van der Waals surface area contributed by atoms with Gasteiger partial charge in [-0.1, -0.05) is 12.1 Å². The molecule has 4 nitrogen and oxygen atoms in total. The maximum atomic E-state index is 13.1. The topological polar surface area (TPSA) is 63.8 Å². The Labute approximate surface area is 98.7 Å². The molecule has 0 aliphatic carbocycles. The van der Waals surface area contributed by atoms with E-state index in [2.05, 4.69) is 15.3 Å². The summed E-state index contributed by atoms with van der Waals surface area (Å²) in [6.45, 7) is 2.69. The van der Waals surface area contributed by atoms with Crippen LogP contribution in [0.3, 0.4) is 0 Å². The Morgan fingerprint density at radius 3 is 2.82 bits per heavy atom. The molecule has 1 aromatic carbocycles. The molecule has 5 heteroatoms. The number of aromatic nitrogens is 2. The predicted molar refractivity (Wildman–Crippen MR) is 66.0 cm³/mol. The van der Waals surface area contributed by atoms with Gasteiger partial charge in [-0.25, -0.2) is 9.37 Å². The molecule has 17 heavy (non-hydrogen) atoms. The van der Waals surface area contributed by atoms with E-state index in [0.29, 0.717) is 17.1 Å². The van der Waals surface area contributed by atoms with Gasteiger partial charge < -0.3 is 11.1 Å². The number of nitrogens with one attached hydrogen (secondary N) is 1. The average Bonchev–Trinajstić information content (AvgIpc) is 2.28. The molecule has 1 aromatic heterocycles. The van der Waals surface area contributed by atoms with Gasteiger partial charge in [0.25, 0.3) is 0 Å². The van der Waals surface area contributed by atoms with E-state index >= 15 is 0 Å². The number of nitrogen functional groups attached to an aromatic ring is 1. The Bertz CT molecular complexity index is 528. The highest BCUT2D eigenvalue weighted by atomic mass is 19.1. The number of hydrogen-bond donors (Lipinski definition) is 2. The molecule has 0 saturated heterocycles. The van der Waals surface area contributed by atoms with Gasteiger partial charge in [-0.3, -0.25) is 0 Å². The predicted octanol–water partition coefficient (Wildman–Crippen LogP) is 2.30. The SMILES string of the molecule is CCNc1cc(-c2cccc(F)c2)nc(N)n1. The smallest absolute Gasteiger partial charge is 0.222 e. The number of hydrogen-bond acceptors (Lipinski definition) is 4. The summed E-state index contributed by atoms with van der Waals surface area (Å²) in [4.78, 5) is 8.12. The minimum absolute atomic E-state index is 0.169. The van der Waals surface area contributed by atoms with E-state index in [0.717, 1.165) is 6.54 Å². The van der Waals surface area contributed by atoms with Crippen LogP contribution in [-0.2, 0) is 0 Å². The molecule has 2 rings (SSSR count). The molecule has 88 valence electrons. The Morgan fingerprint density at radius 1 is 1.29 bits per heavy atom. The molecule has 3 N–H and O–H groups in total. The van der Waals surface area contributed by atoms with Crippen LogP contribution >= 0.6 is 0 Å². The molecule has 0 saturated carbocycles. The van der Waals surface area contributed by atoms with Crippen LogP contribution in [0.15, 0.2) is 30.3 Å². The van der Waals surface area contributed by atoms with Crippen LogP contribution in [0.25, 0.3) is 11.3 Å². The Hall–Kier alpha value is -2.17. The summed E-state index contributed by atoms with van der Waals surface area (Å²) in [5.41, 5.74) is 6.89. The molecule has 0 atom stereocenters. The number of nitrogens with two attached hydrogens (primary N) is 1. The number of nitrogens with zero attached hydrogens (tertiary/aromatic N) is 2. The summed E-state index contributed by atoms with van der Waals surface area (Å²) in [6, 6.07) is 7.96. The van der Waals surface area contributed by atoms with Crippen molar-refractivity contribution in [3.63, 3.8) is 0 Å². The van der Waals surface area contributed by atoms with Gasteiger partial charge in [-0.15, -0.1) is 0 Å². The van der Waals surface area contributed by atoms with Crippen molar-refractivity contribution in [3.8, 4) is 11.3 Å². The van der Waals surface area contributed by atoms with Gasteiger partial charge in [0.05, 0.1) is 5.69 Å². The second-order valence-electron chi connectivity index (χ2n) is 3.54. The van der Waals surface area contributed by atoms with Crippen molar-refractivity contribution in [2.75, 3.05) is 17.6 Å². The fourth-order valence-electron chi connectivity index (χ4n) is 1.53. The molecule has 0 spiro atoms. The molecule has 0 fully saturated rings. The van der Waals surface area contributed by atoms with Crippen LogP contribution in [0, 0.1) is 5.82 Å². The second-order valence-corrected chi connectivity index (χ2v) is 3.54. The van der Waals surface area contributed by atoms with Gasteiger partial charge in [-0.05, 0) is 19.1 Å². The van der Waals surface area contributed by atoms with Crippen molar-refractivity contribution in [1.82, 2.24) is 9.97 Å². The summed E-state index contributed by atoms with van der Waals surface area (Å²) in [5.74, 6) is 0.506. The molecule has 2 aromatic rings. The van der Waals surface area contributed by atoms with Crippen LogP contribution in [0.5, 0.6) is 0 Å². The molecule has 0 amide bonds. The Morgan fingerprint density at radius 2 is 2.12 bits per heavy atom. The lowest BCUT2D eigenvalue weighted by atomic mass is 10.1. The van der Waals surface area contributed by atoms with E-state index in [1.807, 2.05) is 6.92 Å². The highest BCUT2D eigenvalue weighted by Crippen LogP contribution is 2.21. The normalized spacial score (nSPS) is 10.2. The van der Waals surface area contributed by atoms with Crippen molar-refractivity contribution < 1.29 is 4.39 Å². The van der Waals surface area contributed by atoms with E-state index in [1.165, 1.54) is 12.1 Å². The molecule has 0 bridgehead atoms. The van der Waals surface area contributed by atoms with E-state index in [9.17, 15) is 4.39 Å². The number of anilines is 2. The molecule has 0 radical (unpaired) electrons. The summed E-state index contributed by atoms with van der Waals surface area (Å²) in [7, 11) is 0. The lowest BCUT2D eigenvalue weighted by molar-refractivity contribution is 0.628. The fraction of sp³-hybridized carbons (Fsp3) is 0.167. The van der Waals surface area contributed by atoms with Crippen LogP contribution in [-0.4, -0.2) is 16.5 Å². The van der Waals surface area contributed by atoms with Gasteiger partial charge in [0, 0.05) is 18.2 Å². The maximum absolute atomic E-state index is 13.1. The monoisotopic (exact) mass is 232 g/mol. The first-order chi connectivity index (χ1) is 8.19. The van der Waals surface area contributed by atoms with Crippen molar-refractivity contribution in [3.05, 3.63) is 36.1 Å². The fourth-order valence-corrected chi connectivity index (χ4v) is 1.53. The summed E-state index contributed by atoms with van der Waals surface area (Å²) in [6.07, 6.45) is 0. The van der Waals surface area contributed by atoms with E-state index in [4.69, 9.17) is 5.73 Å². The highest BCUT2D eigenvalue weighted by Gasteiger charge is 2.05. The largest absolute Gasteiger partial charge is 0.370 e. The van der Waals surface area contributed by atoms with Gasteiger partial charge >= 0.3 is 0 Å². The zero-order chi connectivity index (χ0) is 12.3. The number of rotatable bonds is 3. The molecule has 0 aliphatic rings. The summed E-state index contributed by atoms with van der Waals surface area (Å²) >= 11 is 0. The first-order valence-electron chi connectivity index (χ1n) is 5.33. The third-order valence-electron chi connectivity index (χ3n) is 2.22. The molecule has 0 aliphatic heterocycles. The molecular weight excluding hydrogens is 219 g/mol. The van der Waals surface area contributed by atoms with Crippen LogP contribution < -0.4 is 11.1 Å². The Balaban J connectivity index is 2.44. The maximum Gasteiger partial charge on any atom is 0.222 e. The third-order valence-corrected chi connectivity index (χ3v) is 2.22. The van der Waals surface area contributed by atoms with Gasteiger partial charge in [-0.2, -0.15) is 4.98 Å². The number of halogens is 1.